The molecule has 0 unspecified atom stereocenters. The van der Waals surface area contributed by atoms with Gasteiger partial charge < -0.3 is 21.5 Å². The van der Waals surface area contributed by atoms with Crippen LogP contribution < -0.4 is 16.4 Å². The highest BCUT2D eigenvalue weighted by Crippen LogP contribution is 2.35. The molecule has 0 saturated carbocycles. The van der Waals surface area contributed by atoms with Gasteiger partial charge in [0, 0.05) is 18.8 Å². The first-order valence-corrected chi connectivity index (χ1v) is 6.54. The van der Waals surface area contributed by atoms with Crippen LogP contribution in [-0.2, 0) is 0 Å². The smallest absolute Gasteiger partial charge is 0.250 e. The second-order valence-corrected chi connectivity index (χ2v) is 5.65. The maximum atomic E-state index is 11.5. The van der Waals surface area contributed by atoms with Crippen LogP contribution >= 0.6 is 11.6 Å². The summed E-state index contributed by atoms with van der Waals surface area (Å²) in [5, 5.41) is 10.4. The number of hydrogen-bond donors (Lipinski definition) is 3. The van der Waals surface area contributed by atoms with E-state index < -0.39 is 11.5 Å². The average Bonchev–Trinajstić information content (AvgIpc) is 2.29. The van der Waals surface area contributed by atoms with E-state index in [-0.39, 0.29) is 0 Å². The van der Waals surface area contributed by atoms with Gasteiger partial charge >= 0.3 is 0 Å². The van der Waals surface area contributed by atoms with Crippen LogP contribution in [0.4, 0.5) is 11.4 Å². The molecule has 1 saturated heterocycles. The van der Waals surface area contributed by atoms with E-state index in [1.807, 2.05) is 11.8 Å². The van der Waals surface area contributed by atoms with Gasteiger partial charge in [0.1, 0.15) is 0 Å². The van der Waals surface area contributed by atoms with Gasteiger partial charge in [-0.05, 0) is 31.9 Å². The van der Waals surface area contributed by atoms with Crippen LogP contribution in [0.25, 0.3) is 0 Å². The number of carbonyl (C=O) groups excluding carboxylic acids is 1. The van der Waals surface area contributed by atoms with Crippen LogP contribution in [0.1, 0.15) is 30.1 Å². The van der Waals surface area contributed by atoms with E-state index in [4.69, 9.17) is 23.1 Å². The quantitative estimate of drug-likeness (QED) is 0.715. The van der Waals surface area contributed by atoms with Gasteiger partial charge in [0.25, 0.3) is 5.91 Å². The molecule has 104 valence electrons. The number of aliphatic hydroxyl groups is 1. The highest BCUT2D eigenvalue weighted by atomic mass is 35.5. The van der Waals surface area contributed by atoms with Crippen molar-refractivity contribution in [2.45, 2.75) is 25.4 Å². The Bertz CT molecular complexity index is 507. The summed E-state index contributed by atoms with van der Waals surface area (Å²) in [6, 6.07) is 3.15. The SMILES string of the molecule is CC1(O)CCN(c2c(Cl)cc(N)cc2C(N)=O)CC1. The molecule has 5 nitrogen and oxygen atoms in total. The number of nitrogens with two attached hydrogens (primary N) is 2. The van der Waals surface area contributed by atoms with Gasteiger partial charge in [-0.3, -0.25) is 4.79 Å². The second-order valence-electron chi connectivity index (χ2n) is 5.25. The van der Waals surface area contributed by atoms with Crippen molar-refractivity contribution in [3.8, 4) is 0 Å². The molecule has 0 aliphatic carbocycles. The average molecular weight is 284 g/mol. The van der Waals surface area contributed by atoms with Gasteiger partial charge in [-0.15, -0.1) is 0 Å². The van der Waals surface area contributed by atoms with Crippen LogP contribution in [0.15, 0.2) is 12.1 Å². The minimum atomic E-state index is -0.663. The monoisotopic (exact) mass is 283 g/mol. The molecule has 0 bridgehead atoms. The van der Waals surface area contributed by atoms with Crippen molar-refractivity contribution in [1.82, 2.24) is 0 Å². The fraction of sp³-hybridized carbons (Fsp3) is 0.462. The fourth-order valence-corrected chi connectivity index (χ4v) is 2.69. The first kappa shape index (κ1) is 14.0. The predicted octanol–water partition coefficient (Wildman–Crippen LogP) is 1.37. The highest BCUT2D eigenvalue weighted by molar-refractivity contribution is 6.34. The molecule has 0 atom stereocenters. The molecule has 1 aliphatic heterocycles. The number of halogens is 1. The Morgan fingerprint density at radius 2 is 2.00 bits per heavy atom. The summed E-state index contributed by atoms with van der Waals surface area (Å²) in [5.41, 5.74) is 11.8. The standard InChI is InChI=1S/C13H18ClN3O2/c1-13(19)2-4-17(5-3-13)11-9(12(16)18)6-8(15)7-10(11)14/h6-7,19H,2-5,15H2,1H3,(H2,16,18). The zero-order chi connectivity index (χ0) is 14.2. The molecule has 1 aliphatic rings. The van der Waals surface area contributed by atoms with Crippen LogP contribution in [0.2, 0.25) is 5.02 Å². The molecule has 2 rings (SSSR count). The van der Waals surface area contributed by atoms with E-state index in [9.17, 15) is 9.90 Å². The largest absolute Gasteiger partial charge is 0.399 e. The molecular weight excluding hydrogens is 266 g/mol. The van der Waals surface area contributed by atoms with E-state index >= 15 is 0 Å². The van der Waals surface area contributed by atoms with Gasteiger partial charge in [-0.1, -0.05) is 11.6 Å². The summed E-state index contributed by atoms with van der Waals surface area (Å²) in [6.07, 6.45) is 1.23. The molecule has 0 aromatic heterocycles. The molecule has 19 heavy (non-hydrogen) atoms. The van der Waals surface area contributed by atoms with Crippen molar-refractivity contribution < 1.29 is 9.90 Å². The second kappa shape index (κ2) is 4.90. The van der Waals surface area contributed by atoms with Crippen molar-refractivity contribution in [2.24, 2.45) is 5.73 Å². The molecule has 6 heteroatoms. The van der Waals surface area contributed by atoms with Gasteiger partial charge in [0.05, 0.1) is 21.9 Å². The van der Waals surface area contributed by atoms with Crippen LogP contribution in [0.3, 0.4) is 0 Å². The Balaban J connectivity index is 2.37. The van der Waals surface area contributed by atoms with Crippen molar-refractivity contribution in [3.63, 3.8) is 0 Å². The van der Waals surface area contributed by atoms with E-state index in [0.717, 1.165) is 0 Å². The van der Waals surface area contributed by atoms with Crippen molar-refractivity contribution in [2.75, 3.05) is 23.7 Å². The number of anilines is 2. The third kappa shape index (κ3) is 2.93. The summed E-state index contributed by atoms with van der Waals surface area (Å²) < 4.78 is 0. The lowest BCUT2D eigenvalue weighted by atomic mass is 9.93. The third-order valence-corrected chi connectivity index (χ3v) is 3.80. The summed E-state index contributed by atoms with van der Waals surface area (Å²) >= 11 is 6.19. The Kier molecular flexibility index (Phi) is 3.60. The predicted molar refractivity (Wildman–Crippen MR) is 76.5 cm³/mol. The number of nitrogens with zero attached hydrogens (tertiary/aromatic N) is 1. The maximum absolute atomic E-state index is 11.5. The van der Waals surface area contributed by atoms with Crippen molar-refractivity contribution in [3.05, 3.63) is 22.7 Å². The zero-order valence-corrected chi connectivity index (χ0v) is 11.6. The summed E-state index contributed by atoms with van der Waals surface area (Å²) in [6.45, 7) is 3.05. The van der Waals surface area contributed by atoms with E-state index in [1.54, 1.807) is 6.07 Å². The molecule has 0 radical (unpaired) electrons. The number of hydrogen-bond acceptors (Lipinski definition) is 4. The van der Waals surface area contributed by atoms with E-state index in [1.165, 1.54) is 6.07 Å². The number of benzene rings is 1. The third-order valence-electron chi connectivity index (χ3n) is 3.51. The van der Waals surface area contributed by atoms with Crippen LogP contribution in [0, 0.1) is 0 Å². The number of carbonyl (C=O) groups is 1. The van der Waals surface area contributed by atoms with Gasteiger partial charge in [0.15, 0.2) is 0 Å². The Morgan fingerprint density at radius 1 is 1.42 bits per heavy atom. The lowest BCUT2D eigenvalue weighted by Gasteiger charge is -2.38. The number of amides is 1. The molecular formula is C13H18ClN3O2. The molecule has 1 heterocycles. The number of nitrogen functional groups attached to an aromatic ring is 1. The highest BCUT2D eigenvalue weighted by Gasteiger charge is 2.30. The Labute approximate surface area is 117 Å². The Morgan fingerprint density at radius 3 is 2.53 bits per heavy atom. The molecule has 1 amide bonds. The maximum Gasteiger partial charge on any atom is 0.250 e. The van der Waals surface area contributed by atoms with Crippen LogP contribution in [0.5, 0.6) is 0 Å². The molecule has 1 aromatic carbocycles. The normalized spacial score (nSPS) is 18.4. The number of primary amides is 1. The minimum absolute atomic E-state index is 0.326. The topological polar surface area (TPSA) is 92.6 Å². The first-order valence-electron chi connectivity index (χ1n) is 6.16. The summed E-state index contributed by atoms with van der Waals surface area (Å²) in [5.74, 6) is -0.554. The molecule has 1 fully saturated rings. The van der Waals surface area contributed by atoms with E-state index in [2.05, 4.69) is 0 Å². The minimum Gasteiger partial charge on any atom is -0.399 e. The van der Waals surface area contributed by atoms with Crippen molar-refractivity contribution in [1.29, 1.82) is 0 Å². The lowest BCUT2D eigenvalue weighted by molar-refractivity contribution is 0.0351. The summed E-state index contributed by atoms with van der Waals surface area (Å²) in [4.78, 5) is 13.5. The zero-order valence-electron chi connectivity index (χ0n) is 10.8. The van der Waals surface area contributed by atoms with E-state index in [0.29, 0.717) is 47.9 Å². The number of piperidine rings is 1. The van der Waals surface area contributed by atoms with Gasteiger partial charge in [-0.25, -0.2) is 0 Å². The fourth-order valence-electron chi connectivity index (χ4n) is 2.34. The van der Waals surface area contributed by atoms with Gasteiger partial charge in [-0.2, -0.15) is 0 Å². The van der Waals surface area contributed by atoms with Gasteiger partial charge in [0.2, 0.25) is 0 Å². The summed E-state index contributed by atoms with van der Waals surface area (Å²) in [7, 11) is 0. The lowest BCUT2D eigenvalue weighted by Crippen LogP contribution is -2.43. The first-order chi connectivity index (χ1) is 8.80. The molecule has 5 N–H and O–H groups in total. The Hall–Kier alpha value is -1.46. The molecule has 0 spiro atoms. The van der Waals surface area contributed by atoms with Crippen LogP contribution in [-0.4, -0.2) is 29.7 Å². The number of rotatable bonds is 2. The van der Waals surface area contributed by atoms with Crippen molar-refractivity contribution >= 4 is 28.9 Å². The molecule has 1 aromatic rings.